The van der Waals surface area contributed by atoms with E-state index in [0.29, 0.717) is 30.5 Å². The summed E-state index contributed by atoms with van der Waals surface area (Å²) in [5.74, 6) is 0.721. The molecule has 0 aliphatic carbocycles. The van der Waals surface area contributed by atoms with Crippen LogP contribution in [0.15, 0.2) is 18.2 Å². The van der Waals surface area contributed by atoms with Crippen LogP contribution in [0.25, 0.3) is 0 Å². The van der Waals surface area contributed by atoms with E-state index in [4.69, 9.17) is 21.1 Å². The molecule has 0 radical (unpaired) electrons. The molecule has 0 aromatic heterocycles. The highest BCUT2D eigenvalue weighted by Gasteiger charge is 2.33. The normalized spacial score (nSPS) is 25.1. The summed E-state index contributed by atoms with van der Waals surface area (Å²) in [5, 5.41) is 3.68. The first-order chi connectivity index (χ1) is 11.0. The minimum Gasteiger partial charge on any atom is -0.489 e. The van der Waals surface area contributed by atoms with E-state index >= 15 is 0 Å². The molecule has 2 aliphatic rings. The van der Waals surface area contributed by atoms with Crippen LogP contribution in [0.4, 0.5) is 0 Å². The summed E-state index contributed by atoms with van der Waals surface area (Å²) in [6.45, 7) is 7.32. The second-order valence-corrected chi connectivity index (χ2v) is 6.97. The third-order valence-corrected chi connectivity index (χ3v) is 4.37. The number of fused-ring (bicyclic) bond motifs is 3. The molecular formula is C17H23ClN2O3. The fourth-order valence-electron chi connectivity index (χ4n) is 3.10. The number of halogens is 1. The molecule has 2 heterocycles. The molecule has 2 fully saturated rings. The van der Waals surface area contributed by atoms with Crippen LogP contribution in [0.1, 0.15) is 19.4 Å². The lowest BCUT2D eigenvalue weighted by Gasteiger charge is -2.27. The maximum atomic E-state index is 12.0. The Balaban J connectivity index is 1.69. The van der Waals surface area contributed by atoms with Crippen molar-refractivity contribution in [2.75, 3.05) is 26.3 Å². The summed E-state index contributed by atoms with van der Waals surface area (Å²) < 4.78 is 11.2. The van der Waals surface area contributed by atoms with Crippen molar-refractivity contribution < 1.29 is 14.3 Å². The van der Waals surface area contributed by atoms with Crippen molar-refractivity contribution in [3.8, 4) is 5.75 Å². The molecule has 2 saturated heterocycles. The van der Waals surface area contributed by atoms with Crippen LogP contribution in [0.2, 0.25) is 5.02 Å². The van der Waals surface area contributed by atoms with Gasteiger partial charge in [-0.25, -0.2) is 0 Å². The van der Waals surface area contributed by atoms with E-state index in [-0.39, 0.29) is 24.0 Å². The molecule has 6 heteroatoms. The smallest absolute Gasteiger partial charge is 0.227 e. The molecule has 1 aromatic rings. The summed E-state index contributed by atoms with van der Waals surface area (Å²) in [7, 11) is 0. The molecule has 0 spiro atoms. The number of ether oxygens (including phenoxy) is 2. The number of benzene rings is 1. The average molecular weight is 339 g/mol. The number of carbonyl (C=O) groups is 1. The largest absolute Gasteiger partial charge is 0.489 e. The van der Waals surface area contributed by atoms with Crippen LogP contribution in [-0.2, 0) is 16.1 Å². The van der Waals surface area contributed by atoms with Crippen molar-refractivity contribution >= 4 is 17.5 Å². The van der Waals surface area contributed by atoms with Gasteiger partial charge in [0.2, 0.25) is 5.91 Å². The standard InChI is InChI=1S/C17H23ClN2O3/c1-11(2)23-16-4-3-12(5-15(16)18)6-20-7-13-9-22-10-14(8-20)19-17(13)21/h3-5,11,13-14H,6-10H2,1-2H3,(H,19,21)/t13-,14+/m1/s1. The van der Waals surface area contributed by atoms with Gasteiger partial charge in [0.1, 0.15) is 5.75 Å². The highest BCUT2D eigenvalue weighted by atomic mass is 35.5. The van der Waals surface area contributed by atoms with Crippen molar-refractivity contribution in [2.45, 2.75) is 32.5 Å². The minimum atomic E-state index is -0.0958. The predicted octanol–water partition coefficient (Wildman–Crippen LogP) is 2.07. The Bertz CT molecular complexity index is 579. The van der Waals surface area contributed by atoms with Crippen LogP contribution < -0.4 is 10.1 Å². The van der Waals surface area contributed by atoms with Gasteiger partial charge in [0, 0.05) is 19.6 Å². The number of carbonyl (C=O) groups excluding carboxylic acids is 1. The average Bonchev–Trinajstić information content (AvgIpc) is 2.70. The van der Waals surface area contributed by atoms with Crippen molar-refractivity contribution in [1.82, 2.24) is 10.2 Å². The van der Waals surface area contributed by atoms with Gasteiger partial charge in [-0.3, -0.25) is 9.69 Å². The zero-order valence-corrected chi connectivity index (χ0v) is 14.3. The zero-order chi connectivity index (χ0) is 16.4. The van der Waals surface area contributed by atoms with Crippen LogP contribution >= 0.6 is 11.6 Å². The number of hydrogen-bond acceptors (Lipinski definition) is 4. The second kappa shape index (κ2) is 7.07. The maximum absolute atomic E-state index is 12.0. The van der Waals surface area contributed by atoms with E-state index in [1.807, 2.05) is 32.0 Å². The van der Waals surface area contributed by atoms with Gasteiger partial charge < -0.3 is 14.8 Å². The molecule has 1 amide bonds. The summed E-state index contributed by atoms with van der Waals surface area (Å²) in [6.07, 6.45) is 0.0976. The Labute approximate surface area is 141 Å². The van der Waals surface area contributed by atoms with Crippen molar-refractivity contribution in [1.29, 1.82) is 0 Å². The highest BCUT2D eigenvalue weighted by molar-refractivity contribution is 6.32. The van der Waals surface area contributed by atoms with Crippen molar-refractivity contribution in [3.63, 3.8) is 0 Å². The lowest BCUT2D eigenvalue weighted by molar-refractivity contribution is -0.125. The fraction of sp³-hybridized carbons (Fsp3) is 0.588. The van der Waals surface area contributed by atoms with E-state index in [1.54, 1.807) is 0 Å². The van der Waals surface area contributed by atoms with Crippen LogP contribution in [0.5, 0.6) is 5.75 Å². The molecule has 2 aliphatic heterocycles. The van der Waals surface area contributed by atoms with Crippen molar-refractivity contribution in [2.24, 2.45) is 5.92 Å². The number of nitrogens with one attached hydrogen (secondary N) is 1. The van der Waals surface area contributed by atoms with Gasteiger partial charge in [-0.05, 0) is 31.5 Å². The van der Waals surface area contributed by atoms with E-state index < -0.39 is 0 Å². The van der Waals surface area contributed by atoms with E-state index in [0.717, 1.165) is 18.7 Å². The van der Waals surface area contributed by atoms with Gasteiger partial charge >= 0.3 is 0 Å². The van der Waals surface area contributed by atoms with Crippen LogP contribution in [-0.4, -0.2) is 49.3 Å². The summed E-state index contributed by atoms with van der Waals surface area (Å²) in [6, 6.07) is 5.97. The molecule has 23 heavy (non-hydrogen) atoms. The maximum Gasteiger partial charge on any atom is 0.227 e. The number of amides is 1. The molecule has 0 unspecified atom stereocenters. The zero-order valence-electron chi connectivity index (χ0n) is 13.5. The van der Waals surface area contributed by atoms with E-state index in [1.165, 1.54) is 0 Å². The van der Waals surface area contributed by atoms with Crippen molar-refractivity contribution in [3.05, 3.63) is 28.8 Å². The molecule has 5 nitrogen and oxygen atoms in total. The van der Waals surface area contributed by atoms with E-state index in [2.05, 4.69) is 10.2 Å². The number of hydrogen-bond donors (Lipinski definition) is 1. The lowest BCUT2D eigenvalue weighted by Crippen LogP contribution is -2.41. The van der Waals surface area contributed by atoms with Gasteiger partial charge in [-0.2, -0.15) is 0 Å². The van der Waals surface area contributed by atoms with Gasteiger partial charge in [0.15, 0.2) is 0 Å². The first kappa shape index (κ1) is 16.6. The van der Waals surface area contributed by atoms with Gasteiger partial charge in [0.05, 0.1) is 36.3 Å². The summed E-state index contributed by atoms with van der Waals surface area (Å²) in [4.78, 5) is 14.3. The Kier molecular flexibility index (Phi) is 5.09. The molecule has 2 bridgehead atoms. The summed E-state index contributed by atoms with van der Waals surface area (Å²) in [5.41, 5.74) is 1.12. The molecular weight excluding hydrogens is 316 g/mol. The summed E-state index contributed by atoms with van der Waals surface area (Å²) >= 11 is 6.31. The number of rotatable bonds is 4. The quantitative estimate of drug-likeness (QED) is 0.913. The molecule has 1 aromatic carbocycles. The van der Waals surface area contributed by atoms with Crippen LogP contribution in [0, 0.1) is 5.92 Å². The van der Waals surface area contributed by atoms with Gasteiger partial charge in [-0.1, -0.05) is 17.7 Å². The lowest BCUT2D eigenvalue weighted by atomic mass is 10.1. The molecule has 0 saturated carbocycles. The fourth-order valence-corrected chi connectivity index (χ4v) is 3.35. The van der Waals surface area contributed by atoms with Gasteiger partial charge in [-0.15, -0.1) is 0 Å². The Morgan fingerprint density at radius 1 is 1.39 bits per heavy atom. The minimum absolute atomic E-state index is 0.0639. The first-order valence-corrected chi connectivity index (χ1v) is 8.44. The molecule has 2 atom stereocenters. The third kappa shape index (κ3) is 4.16. The molecule has 3 rings (SSSR count). The SMILES string of the molecule is CC(C)Oc1ccc(CN2C[C@H]3COC[C@@H](C2)C(=O)N3)cc1Cl. The highest BCUT2D eigenvalue weighted by Crippen LogP contribution is 2.27. The second-order valence-electron chi connectivity index (χ2n) is 6.57. The van der Waals surface area contributed by atoms with Gasteiger partial charge in [0.25, 0.3) is 0 Å². The van der Waals surface area contributed by atoms with E-state index in [9.17, 15) is 4.79 Å². The Morgan fingerprint density at radius 2 is 2.22 bits per heavy atom. The Hall–Kier alpha value is -1.30. The molecule has 1 N–H and O–H groups in total. The first-order valence-electron chi connectivity index (χ1n) is 8.07. The van der Waals surface area contributed by atoms with Crippen LogP contribution in [0.3, 0.4) is 0 Å². The Morgan fingerprint density at radius 3 is 2.96 bits per heavy atom. The monoisotopic (exact) mass is 338 g/mol. The predicted molar refractivity (Wildman–Crippen MR) is 88.7 cm³/mol. The third-order valence-electron chi connectivity index (χ3n) is 4.08. The molecule has 126 valence electrons. The number of nitrogens with zero attached hydrogens (tertiary/aromatic N) is 1. The topological polar surface area (TPSA) is 50.8 Å².